The summed E-state index contributed by atoms with van der Waals surface area (Å²) >= 11 is 1.58. The van der Waals surface area contributed by atoms with E-state index in [1.807, 2.05) is 47.8 Å². The molecule has 0 spiro atoms. The summed E-state index contributed by atoms with van der Waals surface area (Å²) in [6, 6.07) is 13.5. The monoisotopic (exact) mass is 342 g/mol. The van der Waals surface area contributed by atoms with Gasteiger partial charge in [-0.1, -0.05) is 36.3 Å². The molecule has 0 atom stereocenters. The Morgan fingerprint density at radius 2 is 2.17 bits per heavy atom. The summed E-state index contributed by atoms with van der Waals surface area (Å²) in [5.74, 6) is 0.530. The first-order valence-corrected chi connectivity index (χ1v) is 8.59. The molecule has 0 radical (unpaired) electrons. The maximum absolute atomic E-state index is 12.0. The van der Waals surface area contributed by atoms with Crippen molar-refractivity contribution in [2.24, 2.45) is 0 Å². The van der Waals surface area contributed by atoms with Crippen LogP contribution in [-0.2, 0) is 22.6 Å². The maximum atomic E-state index is 12.0. The van der Waals surface area contributed by atoms with Crippen LogP contribution in [0.4, 0.5) is 5.69 Å². The number of anilines is 1. The fourth-order valence-corrected chi connectivity index (χ4v) is 2.97. The van der Waals surface area contributed by atoms with Gasteiger partial charge in [-0.05, 0) is 29.5 Å². The van der Waals surface area contributed by atoms with Gasteiger partial charge in [0.2, 0.25) is 5.91 Å². The molecule has 1 N–H and O–H groups in total. The molecule has 0 unspecified atom stereocenters. The van der Waals surface area contributed by atoms with Crippen molar-refractivity contribution < 1.29 is 14.1 Å². The van der Waals surface area contributed by atoms with E-state index in [1.165, 1.54) is 0 Å². The molecule has 24 heavy (non-hydrogen) atoms. The summed E-state index contributed by atoms with van der Waals surface area (Å²) in [7, 11) is 0. The first-order valence-electron chi connectivity index (χ1n) is 7.71. The zero-order valence-electron chi connectivity index (χ0n) is 13.3. The summed E-state index contributed by atoms with van der Waals surface area (Å²) in [4.78, 5) is 13.0. The minimum Gasteiger partial charge on any atom is -0.365 e. The molecule has 2 aromatic heterocycles. The zero-order valence-corrected chi connectivity index (χ0v) is 14.1. The normalized spacial score (nSPS) is 10.7. The molecular formula is C18H18N2O3S. The number of carbonyl (C=O) groups is 1. The Kier molecular flexibility index (Phi) is 5.40. The second kappa shape index (κ2) is 7.90. The van der Waals surface area contributed by atoms with Crippen LogP contribution in [0.2, 0.25) is 0 Å². The van der Waals surface area contributed by atoms with E-state index in [9.17, 15) is 4.79 Å². The maximum Gasteiger partial charge on any atom is 0.250 e. The number of carbonyl (C=O) groups excluding carboxylic acids is 1. The quantitative estimate of drug-likeness (QED) is 0.701. The topological polar surface area (TPSA) is 64.4 Å². The largest absolute Gasteiger partial charge is 0.365 e. The Balaban J connectivity index is 1.49. The van der Waals surface area contributed by atoms with E-state index in [1.54, 1.807) is 11.3 Å². The molecular weight excluding hydrogens is 324 g/mol. The molecule has 0 fully saturated rings. The van der Waals surface area contributed by atoms with Crippen LogP contribution >= 0.6 is 11.3 Å². The molecule has 3 aromatic rings. The minimum atomic E-state index is -0.183. The highest BCUT2D eigenvalue weighted by atomic mass is 32.1. The van der Waals surface area contributed by atoms with Gasteiger partial charge in [-0.2, -0.15) is 0 Å². The Morgan fingerprint density at radius 3 is 2.96 bits per heavy atom. The summed E-state index contributed by atoms with van der Waals surface area (Å²) in [6.07, 6.45) is 0.863. The van der Waals surface area contributed by atoms with Gasteiger partial charge in [-0.15, -0.1) is 11.3 Å². The van der Waals surface area contributed by atoms with Crippen molar-refractivity contribution in [3.05, 3.63) is 59.1 Å². The molecule has 0 aliphatic carbocycles. The smallest absolute Gasteiger partial charge is 0.250 e. The predicted octanol–water partition coefficient (Wildman–Crippen LogP) is 4.12. The fraction of sp³-hybridized carbons (Fsp3) is 0.222. The molecule has 1 aromatic carbocycles. The zero-order chi connectivity index (χ0) is 16.8. The Morgan fingerprint density at radius 1 is 1.29 bits per heavy atom. The number of aromatic nitrogens is 1. The Labute approximate surface area is 144 Å². The highest BCUT2D eigenvalue weighted by Gasteiger charge is 2.09. The van der Waals surface area contributed by atoms with Crippen molar-refractivity contribution in [1.82, 2.24) is 5.16 Å². The van der Waals surface area contributed by atoms with Crippen molar-refractivity contribution in [2.45, 2.75) is 20.0 Å². The van der Waals surface area contributed by atoms with Crippen LogP contribution in [0.15, 0.2) is 52.4 Å². The third-order valence-electron chi connectivity index (χ3n) is 3.48. The van der Waals surface area contributed by atoms with Crippen molar-refractivity contribution in [2.75, 3.05) is 11.9 Å². The third-order valence-corrected chi connectivity index (χ3v) is 4.36. The number of thiophene rings is 1. The standard InChI is InChI=1S/C18H18N2O3S/c1-2-13-6-3-4-7-15(13)19-18(21)12-22-11-14-10-16(23-20-14)17-8-5-9-24-17/h3-10H,2,11-12H2,1H3,(H,19,21). The molecule has 124 valence electrons. The van der Waals surface area contributed by atoms with E-state index in [-0.39, 0.29) is 19.1 Å². The van der Waals surface area contributed by atoms with Crippen LogP contribution in [0.3, 0.4) is 0 Å². The fourth-order valence-electron chi connectivity index (χ4n) is 2.30. The van der Waals surface area contributed by atoms with Crippen LogP contribution in [0.5, 0.6) is 0 Å². The van der Waals surface area contributed by atoms with Crippen molar-refractivity contribution in [1.29, 1.82) is 0 Å². The number of hydrogen-bond donors (Lipinski definition) is 1. The highest BCUT2D eigenvalue weighted by molar-refractivity contribution is 7.13. The van der Waals surface area contributed by atoms with Gasteiger partial charge >= 0.3 is 0 Å². The number of rotatable bonds is 7. The van der Waals surface area contributed by atoms with Crippen LogP contribution in [0.1, 0.15) is 18.2 Å². The van der Waals surface area contributed by atoms with Crippen LogP contribution in [0, 0.1) is 0 Å². The average molecular weight is 342 g/mol. The first-order chi connectivity index (χ1) is 11.8. The second-order valence-electron chi connectivity index (χ2n) is 5.21. The van der Waals surface area contributed by atoms with Gasteiger partial charge in [0.05, 0.1) is 11.5 Å². The minimum absolute atomic E-state index is 0.0285. The molecule has 0 aliphatic rings. The number of amides is 1. The lowest BCUT2D eigenvalue weighted by atomic mass is 10.1. The lowest BCUT2D eigenvalue weighted by Gasteiger charge is -2.09. The number of nitrogens with one attached hydrogen (secondary N) is 1. The van der Waals surface area contributed by atoms with Crippen LogP contribution in [0.25, 0.3) is 10.6 Å². The van der Waals surface area contributed by atoms with E-state index in [0.717, 1.165) is 22.5 Å². The Bertz CT molecular complexity index is 796. The van der Waals surface area contributed by atoms with E-state index in [0.29, 0.717) is 11.5 Å². The number of hydrogen-bond acceptors (Lipinski definition) is 5. The summed E-state index contributed by atoms with van der Waals surface area (Å²) in [5.41, 5.74) is 2.60. The Hall–Kier alpha value is -2.44. The summed E-state index contributed by atoms with van der Waals surface area (Å²) in [6.45, 7) is 2.26. The second-order valence-corrected chi connectivity index (χ2v) is 6.16. The SMILES string of the molecule is CCc1ccccc1NC(=O)COCc1cc(-c2cccs2)on1. The molecule has 0 bridgehead atoms. The van der Waals surface area contributed by atoms with E-state index < -0.39 is 0 Å². The molecule has 5 nitrogen and oxygen atoms in total. The van der Waals surface area contributed by atoms with Gasteiger partial charge in [0.25, 0.3) is 0 Å². The summed E-state index contributed by atoms with van der Waals surface area (Å²) < 4.78 is 10.7. The van der Waals surface area contributed by atoms with Crippen LogP contribution < -0.4 is 5.32 Å². The van der Waals surface area contributed by atoms with Crippen molar-refractivity contribution in [3.63, 3.8) is 0 Å². The van der Waals surface area contributed by atoms with Gasteiger partial charge < -0.3 is 14.6 Å². The average Bonchev–Trinajstić information content (AvgIpc) is 3.26. The summed E-state index contributed by atoms with van der Waals surface area (Å²) in [5, 5.41) is 8.80. The van der Waals surface area contributed by atoms with E-state index in [2.05, 4.69) is 17.4 Å². The van der Waals surface area contributed by atoms with Crippen LogP contribution in [-0.4, -0.2) is 17.7 Å². The lowest BCUT2D eigenvalue weighted by Crippen LogP contribution is -2.19. The van der Waals surface area contributed by atoms with Gasteiger partial charge in [0.15, 0.2) is 5.76 Å². The predicted molar refractivity (Wildman–Crippen MR) is 93.9 cm³/mol. The number of aryl methyl sites for hydroxylation is 1. The number of para-hydroxylation sites is 1. The molecule has 3 rings (SSSR count). The highest BCUT2D eigenvalue weighted by Crippen LogP contribution is 2.25. The number of ether oxygens (including phenoxy) is 1. The van der Waals surface area contributed by atoms with E-state index >= 15 is 0 Å². The number of nitrogens with zero attached hydrogens (tertiary/aromatic N) is 1. The molecule has 2 heterocycles. The molecule has 0 aliphatic heterocycles. The molecule has 1 amide bonds. The van der Waals surface area contributed by atoms with Gasteiger partial charge in [-0.25, -0.2) is 0 Å². The molecule has 0 saturated heterocycles. The van der Waals surface area contributed by atoms with Crippen molar-refractivity contribution >= 4 is 22.9 Å². The van der Waals surface area contributed by atoms with Gasteiger partial charge in [0.1, 0.15) is 12.3 Å². The first kappa shape index (κ1) is 16.4. The van der Waals surface area contributed by atoms with Gasteiger partial charge in [0, 0.05) is 11.8 Å². The van der Waals surface area contributed by atoms with E-state index in [4.69, 9.17) is 9.26 Å². The molecule has 0 saturated carbocycles. The van der Waals surface area contributed by atoms with Gasteiger partial charge in [-0.3, -0.25) is 4.79 Å². The lowest BCUT2D eigenvalue weighted by molar-refractivity contribution is -0.121. The molecule has 6 heteroatoms. The third kappa shape index (κ3) is 4.10. The van der Waals surface area contributed by atoms with Crippen molar-refractivity contribution in [3.8, 4) is 10.6 Å². The number of benzene rings is 1.